The second kappa shape index (κ2) is 7.76. The Morgan fingerprint density at radius 2 is 1.62 bits per heavy atom. The average molecular weight is 410 g/mol. The molecule has 4 rings (SSSR count). The molecule has 0 unspecified atom stereocenters. The Balaban J connectivity index is 1.81. The van der Waals surface area contributed by atoms with E-state index in [0.29, 0.717) is 11.4 Å². The van der Waals surface area contributed by atoms with Crippen LogP contribution >= 0.6 is 0 Å². The lowest BCUT2D eigenvalue weighted by atomic mass is 9.98. The van der Waals surface area contributed by atoms with Crippen molar-refractivity contribution >= 4 is 10.0 Å². The van der Waals surface area contributed by atoms with Gasteiger partial charge in [-0.2, -0.15) is 4.31 Å². The van der Waals surface area contributed by atoms with Crippen LogP contribution in [-0.2, 0) is 10.0 Å². The van der Waals surface area contributed by atoms with Crippen LogP contribution in [0.15, 0.2) is 59.6 Å². The molecule has 0 aliphatic carbocycles. The molecule has 3 heterocycles. The van der Waals surface area contributed by atoms with Gasteiger partial charge in [0.05, 0.1) is 10.9 Å². The number of sulfonamides is 1. The van der Waals surface area contributed by atoms with Gasteiger partial charge in [0.25, 0.3) is 0 Å². The van der Waals surface area contributed by atoms with Gasteiger partial charge in [-0.25, -0.2) is 13.4 Å². The minimum absolute atomic E-state index is 0.222. The van der Waals surface area contributed by atoms with Gasteiger partial charge in [0, 0.05) is 29.7 Å². The first-order valence-electron chi connectivity index (χ1n) is 10.1. The number of rotatable bonds is 4. The molecule has 6 heteroatoms. The predicted octanol–water partition coefficient (Wildman–Crippen LogP) is 4.71. The van der Waals surface area contributed by atoms with Crippen molar-refractivity contribution in [2.45, 2.75) is 51.0 Å². The zero-order valence-electron chi connectivity index (χ0n) is 17.2. The number of hydrogen-bond donors (Lipinski definition) is 0. The molecule has 0 radical (unpaired) electrons. The zero-order valence-corrected chi connectivity index (χ0v) is 18.0. The number of hydrogen-bond acceptors (Lipinski definition) is 3. The van der Waals surface area contributed by atoms with Crippen LogP contribution in [0, 0.1) is 20.8 Å². The van der Waals surface area contributed by atoms with Gasteiger partial charge in [-0.3, -0.25) is 0 Å². The smallest absolute Gasteiger partial charge is 0.243 e. The van der Waals surface area contributed by atoms with E-state index in [1.807, 2.05) is 45.0 Å². The normalized spacial score (nSPS) is 18.1. The van der Waals surface area contributed by atoms with Crippen molar-refractivity contribution in [2.24, 2.45) is 0 Å². The molecule has 2 aromatic heterocycles. The first-order valence-corrected chi connectivity index (χ1v) is 11.5. The maximum atomic E-state index is 13.5. The summed E-state index contributed by atoms with van der Waals surface area (Å²) in [5, 5.41) is 0. The van der Waals surface area contributed by atoms with Crippen LogP contribution in [0.4, 0.5) is 0 Å². The third-order valence-electron chi connectivity index (χ3n) is 5.74. The summed E-state index contributed by atoms with van der Waals surface area (Å²) in [6, 6.07) is 15.0. The monoisotopic (exact) mass is 409 g/mol. The Kier molecular flexibility index (Phi) is 5.32. The highest BCUT2D eigenvalue weighted by molar-refractivity contribution is 7.89. The molecule has 1 aliphatic heterocycles. The van der Waals surface area contributed by atoms with Gasteiger partial charge < -0.3 is 4.57 Å². The standard InChI is InChI=1S/C23H27N3O2S/c1-17-9-13-20(14-10-17)29(27,28)25-16-5-4-8-22(25)21-7-6-15-24-23(21)26-18(2)11-12-19(26)3/h6-7,9-15,22H,4-5,8,16H2,1-3H3/t22-/m1/s1. The fraction of sp³-hybridized carbons (Fsp3) is 0.348. The quantitative estimate of drug-likeness (QED) is 0.627. The van der Waals surface area contributed by atoms with Crippen LogP contribution in [0.2, 0.25) is 0 Å². The van der Waals surface area contributed by atoms with Crippen molar-refractivity contribution in [3.05, 3.63) is 77.2 Å². The third kappa shape index (κ3) is 3.63. The van der Waals surface area contributed by atoms with Crippen molar-refractivity contribution < 1.29 is 8.42 Å². The van der Waals surface area contributed by atoms with E-state index < -0.39 is 10.0 Å². The van der Waals surface area contributed by atoms with Crippen LogP contribution < -0.4 is 0 Å². The molecule has 29 heavy (non-hydrogen) atoms. The van der Waals surface area contributed by atoms with Gasteiger partial charge >= 0.3 is 0 Å². The fourth-order valence-corrected chi connectivity index (χ4v) is 5.88. The number of nitrogens with zero attached hydrogens (tertiary/aromatic N) is 3. The van der Waals surface area contributed by atoms with E-state index in [9.17, 15) is 8.42 Å². The first-order chi connectivity index (χ1) is 13.9. The molecule has 0 bridgehead atoms. The molecule has 152 valence electrons. The van der Waals surface area contributed by atoms with Crippen LogP contribution in [0.3, 0.4) is 0 Å². The summed E-state index contributed by atoms with van der Waals surface area (Å²) in [6.45, 7) is 6.59. The lowest BCUT2D eigenvalue weighted by Crippen LogP contribution is -2.39. The third-order valence-corrected chi connectivity index (χ3v) is 7.66. The van der Waals surface area contributed by atoms with Gasteiger partial charge in [0.2, 0.25) is 10.0 Å². The van der Waals surface area contributed by atoms with Gasteiger partial charge in [0.15, 0.2) is 0 Å². The summed E-state index contributed by atoms with van der Waals surface area (Å²) in [5.74, 6) is 0.823. The summed E-state index contributed by atoms with van der Waals surface area (Å²) in [7, 11) is -3.59. The highest BCUT2D eigenvalue weighted by Crippen LogP contribution is 2.38. The van der Waals surface area contributed by atoms with E-state index in [4.69, 9.17) is 0 Å². The lowest BCUT2D eigenvalue weighted by molar-refractivity contribution is 0.255. The van der Waals surface area contributed by atoms with Crippen molar-refractivity contribution in [2.75, 3.05) is 6.54 Å². The summed E-state index contributed by atoms with van der Waals surface area (Å²) in [5.41, 5.74) is 4.19. The lowest BCUT2D eigenvalue weighted by Gasteiger charge is -2.35. The number of pyridine rings is 1. The van der Waals surface area contributed by atoms with E-state index in [1.54, 1.807) is 22.6 Å². The van der Waals surface area contributed by atoms with E-state index in [0.717, 1.165) is 47.6 Å². The maximum absolute atomic E-state index is 13.5. The number of aryl methyl sites for hydroxylation is 3. The van der Waals surface area contributed by atoms with Crippen LogP contribution in [0.5, 0.6) is 0 Å². The highest BCUT2D eigenvalue weighted by Gasteiger charge is 2.36. The van der Waals surface area contributed by atoms with Crippen molar-refractivity contribution in [3.63, 3.8) is 0 Å². The Hall–Kier alpha value is -2.44. The maximum Gasteiger partial charge on any atom is 0.243 e. The van der Waals surface area contributed by atoms with Gasteiger partial charge in [0.1, 0.15) is 5.82 Å². The molecule has 1 fully saturated rings. The van der Waals surface area contributed by atoms with Gasteiger partial charge in [-0.1, -0.05) is 30.2 Å². The summed E-state index contributed by atoms with van der Waals surface area (Å²) < 4.78 is 30.8. The zero-order chi connectivity index (χ0) is 20.6. The molecule has 3 aromatic rings. The second-order valence-corrected chi connectivity index (χ2v) is 9.70. The Morgan fingerprint density at radius 3 is 2.31 bits per heavy atom. The molecule has 1 aliphatic rings. The molecule has 1 saturated heterocycles. The van der Waals surface area contributed by atoms with E-state index >= 15 is 0 Å². The Bertz CT molecular complexity index is 1100. The summed E-state index contributed by atoms with van der Waals surface area (Å²) >= 11 is 0. The molecule has 1 aromatic carbocycles. The van der Waals surface area contributed by atoms with E-state index in [1.165, 1.54) is 0 Å². The molecular weight excluding hydrogens is 382 g/mol. The number of piperidine rings is 1. The topological polar surface area (TPSA) is 55.2 Å². The number of benzene rings is 1. The van der Waals surface area contributed by atoms with Gasteiger partial charge in [-0.15, -0.1) is 0 Å². The summed E-state index contributed by atoms with van der Waals surface area (Å²) in [4.78, 5) is 5.02. The highest BCUT2D eigenvalue weighted by atomic mass is 32.2. The minimum atomic E-state index is -3.59. The molecule has 0 saturated carbocycles. The first kappa shape index (κ1) is 19.9. The molecule has 5 nitrogen and oxygen atoms in total. The Labute approximate surface area is 173 Å². The van der Waals surface area contributed by atoms with Crippen LogP contribution in [0.1, 0.15) is 47.8 Å². The van der Waals surface area contributed by atoms with Crippen molar-refractivity contribution in [1.82, 2.24) is 13.9 Å². The largest absolute Gasteiger partial charge is 0.303 e. The molecule has 0 amide bonds. The minimum Gasteiger partial charge on any atom is -0.303 e. The molecule has 0 spiro atoms. The van der Waals surface area contributed by atoms with Crippen LogP contribution in [0.25, 0.3) is 5.82 Å². The molecule has 1 atom stereocenters. The Morgan fingerprint density at radius 1 is 0.931 bits per heavy atom. The van der Waals surface area contributed by atoms with Crippen molar-refractivity contribution in [3.8, 4) is 5.82 Å². The average Bonchev–Trinajstić information content (AvgIpc) is 3.06. The number of aromatic nitrogens is 2. The van der Waals surface area contributed by atoms with E-state index in [-0.39, 0.29) is 6.04 Å². The van der Waals surface area contributed by atoms with E-state index in [2.05, 4.69) is 21.7 Å². The second-order valence-electron chi connectivity index (χ2n) is 7.81. The molecular formula is C23H27N3O2S. The van der Waals surface area contributed by atoms with Gasteiger partial charge in [-0.05, 0) is 63.9 Å². The van der Waals surface area contributed by atoms with Crippen molar-refractivity contribution in [1.29, 1.82) is 0 Å². The molecule has 0 N–H and O–H groups in total. The van der Waals surface area contributed by atoms with Crippen LogP contribution in [-0.4, -0.2) is 28.8 Å². The fourth-order valence-electron chi connectivity index (χ4n) is 4.21. The SMILES string of the molecule is Cc1ccc(S(=O)(=O)N2CCCC[C@@H]2c2cccnc2-n2c(C)ccc2C)cc1. The summed E-state index contributed by atoms with van der Waals surface area (Å²) in [6.07, 6.45) is 4.45. The predicted molar refractivity (Wildman–Crippen MR) is 115 cm³/mol.